The number of fused-ring (bicyclic) bond motifs is 1. The van der Waals surface area contributed by atoms with Crippen LogP contribution in [-0.4, -0.2) is 30.1 Å². The standard InChI is InChI=1S/C32H34N2O3Si/c1-32(2,3)38(27-11-7-5-8-12-27,28-13-9-6-10-14-28)37-26-17-15-24(16-18-26)21-34-23-33-29-19-25(22-35)20-30(36-4)31(29)34/h5-20,23,35H,21-22H2,1-4H3. The van der Waals surface area contributed by atoms with Gasteiger partial charge >= 0.3 is 8.32 Å². The molecular weight excluding hydrogens is 488 g/mol. The molecule has 0 saturated heterocycles. The van der Waals surface area contributed by atoms with Crippen LogP contribution >= 0.6 is 0 Å². The van der Waals surface area contributed by atoms with Crippen molar-refractivity contribution in [3.63, 3.8) is 0 Å². The maximum absolute atomic E-state index is 9.56. The Morgan fingerprint density at radius 3 is 1.95 bits per heavy atom. The lowest BCUT2D eigenvalue weighted by Crippen LogP contribution is -2.68. The van der Waals surface area contributed by atoms with E-state index in [2.05, 4.69) is 115 Å². The Labute approximate surface area is 225 Å². The first-order chi connectivity index (χ1) is 18.4. The first kappa shape index (κ1) is 25.8. The molecule has 0 radical (unpaired) electrons. The summed E-state index contributed by atoms with van der Waals surface area (Å²) in [5.41, 5.74) is 3.63. The Morgan fingerprint density at radius 1 is 0.816 bits per heavy atom. The van der Waals surface area contributed by atoms with E-state index in [1.807, 2.05) is 18.5 Å². The van der Waals surface area contributed by atoms with Gasteiger partial charge in [0.25, 0.3) is 0 Å². The number of methoxy groups -OCH3 is 1. The van der Waals surface area contributed by atoms with Gasteiger partial charge in [-0.15, -0.1) is 0 Å². The Hall–Kier alpha value is -3.87. The molecule has 0 aliphatic rings. The molecule has 5 nitrogen and oxygen atoms in total. The Kier molecular flexibility index (Phi) is 7.10. The fraction of sp³-hybridized carbons (Fsp3) is 0.219. The van der Waals surface area contributed by atoms with Crippen LogP contribution in [0.4, 0.5) is 0 Å². The number of ether oxygens (including phenoxy) is 1. The van der Waals surface area contributed by atoms with E-state index in [0.29, 0.717) is 12.3 Å². The van der Waals surface area contributed by atoms with Gasteiger partial charge in [0.2, 0.25) is 0 Å². The highest BCUT2D eigenvalue weighted by Crippen LogP contribution is 2.37. The summed E-state index contributed by atoms with van der Waals surface area (Å²) >= 11 is 0. The van der Waals surface area contributed by atoms with E-state index < -0.39 is 8.32 Å². The summed E-state index contributed by atoms with van der Waals surface area (Å²) in [6.45, 7) is 7.45. The van der Waals surface area contributed by atoms with Gasteiger partial charge in [0.05, 0.1) is 25.6 Å². The second-order valence-electron chi connectivity index (χ2n) is 10.6. The third-order valence-corrected chi connectivity index (χ3v) is 12.1. The van der Waals surface area contributed by atoms with E-state index in [0.717, 1.165) is 27.9 Å². The van der Waals surface area contributed by atoms with Crippen LogP contribution in [0.15, 0.2) is 103 Å². The minimum Gasteiger partial charge on any atom is -0.534 e. The van der Waals surface area contributed by atoms with Crippen molar-refractivity contribution < 1.29 is 14.3 Å². The molecule has 0 aliphatic carbocycles. The molecule has 0 amide bonds. The van der Waals surface area contributed by atoms with Gasteiger partial charge in [-0.05, 0) is 50.8 Å². The number of aliphatic hydroxyl groups excluding tert-OH is 1. The van der Waals surface area contributed by atoms with Crippen LogP contribution in [-0.2, 0) is 13.2 Å². The van der Waals surface area contributed by atoms with Crippen molar-refractivity contribution in [2.45, 2.75) is 39.0 Å². The van der Waals surface area contributed by atoms with Crippen LogP contribution in [0.3, 0.4) is 0 Å². The summed E-state index contributed by atoms with van der Waals surface area (Å²) in [7, 11) is -1.04. The fourth-order valence-electron chi connectivity index (χ4n) is 5.28. The zero-order chi connectivity index (χ0) is 26.8. The molecule has 4 aromatic carbocycles. The van der Waals surface area contributed by atoms with Crippen molar-refractivity contribution in [3.05, 3.63) is 115 Å². The number of rotatable bonds is 8. The lowest BCUT2D eigenvalue weighted by Gasteiger charge is -2.43. The van der Waals surface area contributed by atoms with Gasteiger partial charge in [0.15, 0.2) is 0 Å². The summed E-state index contributed by atoms with van der Waals surface area (Å²) in [5, 5.41) is 12.0. The lowest BCUT2D eigenvalue weighted by molar-refractivity contribution is 0.281. The van der Waals surface area contributed by atoms with E-state index in [-0.39, 0.29) is 11.6 Å². The lowest BCUT2D eigenvalue weighted by atomic mass is 10.1. The van der Waals surface area contributed by atoms with Gasteiger partial charge in [-0.2, -0.15) is 0 Å². The first-order valence-electron chi connectivity index (χ1n) is 12.9. The zero-order valence-electron chi connectivity index (χ0n) is 22.4. The topological polar surface area (TPSA) is 56.5 Å². The molecule has 0 saturated carbocycles. The average Bonchev–Trinajstić information content (AvgIpc) is 3.34. The van der Waals surface area contributed by atoms with Crippen LogP contribution in [0.1, 0.15) is 31.9 Å². The smallest absolute Gasteiger partial charge is 0.319 e. The molecule has 0 fully saturated rings. The van der Waals surface area contributed by atoms with E-state index in [9.17, 15) is 5.11 Å². The number of aromatic nitrogens is 2. The second kappa shape index (κ2) is 10.5. The zero-order valence-corrected chi connectivity index (χ0v) is 23.4. The second-order valence-corrected chi connectivity index (χ2v) is 14.8. The van der Waals surface area contributed by atoms with E-state index in [1.54, 1.807) is 7.11 Å². The number of imidazole rings is 1. The highest BCUT2D eigenvalue weighted by Gasteiger charge is 2.52. The van der Waals surface area contributed by atoms with Crippen molar-refractivity contribution in [3.8, 4) is 11.5 Å². The van der Waals surface area contributed by atoms with Gasteiger partial charge in [-0.25, -0.2) is 4.98 Å². The molecule has 1 N–H and O–H groups in total. The molecule has 194 valence electrons. The van der Waals surface area contributed by atoms with Crippen molar-refractivity contribution in [2.75, 3.05) is 7.11 Å². The van der Waals surface area contributed by atoms with Crippen LogP contribution < -0.4 is 19.5 Å². The number of nitrogens with zero attached hydrogens (tertiary/aromatic N) is 2. The Morgan fingerprint density at radius 2 is 1.42 bits per heavy atom. The van der Waals surface area contributed by atoms with Crippen molar-refractivity contribution in [2.24, 2.45) is 0 Å². The molecule has 0 aliphatic heterocycles. The maximum atomic E-state index is 9.56. The Bertz CT molecular complexity index is 1470. The molecule has 0 spiro atoms. The van der Waals surface area contributed by atoms with Crippen LogP contribution in [0.5, 0.6) is 11.5 Å². The molecule has 0 bridgehead atoms. The number of hydrogen-bond acceptors (Lipinski definition) is 4. The molecule has 38 heavy (non-hydrogen) atoms. The highest BCUT2D eigenvalue weighted by molar-refractivity contribution is 7.00. The van der Waals surface area contributed by atoms with Gasteiger partial charge in [-0.3, -0.25) is 0 Å². The molecular formula is C32H34N2O3Si. The summed E-state index contributed by atoms with van der Waals surface area (Å²) < 4.78 is 14.8. The third-order valence-electron chi connectivity index (χ3n) is 7.10. The van der Waals surface area contributed by atoms with Crippen molar-refractivity contribution in [1.29, 1.82) is 0 Å². The molecule has 5 aromatic rings. The minimum atomic E-state index is -2.68. The molecule has 1 heterocycles. The van der Waals surface area contributed by atoms with E-state index in [4.69, 9.17) is 9.16 Å². The van der Waals surface area contributed by atoms with Gasteiger partial charge in [0.1, 0.15) is 17.0 Å². The predicted molar refractivity (Wildman–Crippen MR) is 156 cm³/mol. The number of benzene rings is 4. The third kappa shape index (κ3) is 4.73. The SMILES string of the molecule is COc1cc(CO)cc2ncn(Cc3ccc(O[Si](c4ccccc4)(c4ccccc4)C(C)(C)C)cc3)c12. The minimum absolute atomic E-state index is 0.0496. The van der Waals surface area contributed by atoms with Gasteiger partial charge < -0.3 is 18.8 Å². The van der Waals surface area contributed by atoms with Gasteiger partial charge in [-0.1, -0.05) is 93.6 Å². The molecule has 5 rings (SSSR count). The van der Waals surface area contributed by atoms with Crippen LogP contribution in [0, 0.1) is 0 Å². The molecule has 6 heteroatoms. The molecule has 0 atom stereocenters. The quantitative estimate of drug-likeness (QED) is 0.273. The van der Waals surface area contributed by atoms with Crippen LogP contribution in [0.2, 0.25) is 5.04 Å². The summed E-state index contributed by atoms with van der Waals surface area (Å²) in [6, 6.07) is 33.5. The predicted octanol–water partition coefficient (Wildman–Crippen LogP) is 5.52. The fourth-order valence-corrected chi connectivity index (χ4v) is 9.70. The number of aliphatic hydroxyl groups is 1. The summed E-state index contributed by atoms with van der Waals surface area (Å²) in [6.07, 6.45) is 1.82. The normalized spacial score (nSPS) is 12.0. The summed E-state index contributed by atoms with van der Waals surface area (Å²) in [4.78, 5) is 4.54. The highest BCUT2D eigenvalue weighted by atomic mass is 28.4. The number of hydrogen-bond donors (Lipinski definition) is 1. The van der Waals surface area contributed by atoms with Gasteiger partial charge in [0, 0.05) is 6.54 Å². The van der Waals surface area contributed by atoms with Crippen molar-refractivity contribution in [1.82, 2.24) is 9.55 Å². The van der Waals surface area contributed by atoms with E-state index in [1.165, 1.54) is 10.4 Å². The molecule has 0 unspecified atom stereocenters. The van der Waals surface area contributed by atoms with Crippen molar-refractivity contribution >= 4 is 29.7 Å². The van der Waals surface area contributed by atoms with E-state index >= 15 is 0 Å². The van der Waals surface area contributed by atoms with Crippen LogP contribution in [0.25, 0.3) is 11.0 Å². The monoisotopic (exact) mass is 522 g/mol. The Balaban J connectivity index is 1.49. The summed E-state index contributed by atoms with van der Waals surface area (Å²) in [5.74, 6) is 1.57. The average molecular weight is 523 g/mol. The first-order valence-corrected chi connectivity index (χ1v) is 14.8. The largest absolute Gasteiger partial charge is 0.534 e. The molecule has 1 aromatic heterocycles. The maximum Gasteiger partial charge on any atom is 0.319 e.